The average Bonchev–Trinajstić information content (AvgIpc) is 2.67. The molecule has 0 aliphatic rings. The third-order valence-corrected chi connectivity index (χ3v) is 5.16. The van der Waals surface area contributed by atoms with Crippen LogP contribution in [0.2, 0.25) is 0 Å². The van der Waals surface area contributed by atoms with Crippen molar-refractivity contribution < 1.29 is 17.9 Å². The fourth-order valence-electron chi connectivity index (χ4n) is 2.84. The Morgan fingerprint density at radius 2 is 1.86 bits per heavy atom. The molecule has 0 fully saturated rings. The molecule has 1 amide bonds. The molecule has 0 unspecified atom stereocenters. The van der Waals surface area contributed by atoms with E-state index in [1.54, 1.807) is 48.7 Å². The van der Waals surface area contributed by atoms with E-state index in [1.807, 2.05) is 19.1 Å². The van der Waals surface area contributed by atoms with Crippen molar-refractivity contribution in [1.82, 2.24) is 4.98 Å². The van der Waals surface area contributed by atoms with Crippen LogP contribution >= 0.6 is 0 Å². The Morgan fingerprint density at radius 1 is 1.11 bits per heavy atom. The molecule has 1 aromatic heterocycles. The van der Waals surface area contributed by atoms with Crippen molar-refractivity contribution in [2.75, 3.05) is 29.0 Å². The largest absolute Gasteiger partial charge is 0.492 e. The second kappa shape index (κ2) is 8.26. The number of hydrogen-bond donors (Lipinski definition) is 1. The lowest BCUT2D eigenvalue weighted by molar-refractivity contribution is -0.114. The summed E-state index contributed by atoms with van der Waals surface area (Å²) in [5.41, 5.74) is 1.35. The zero-order chi connectivity index (χ0) is 20.1. The van der Waals surface area contributed by atoms with Gasteiger partial charge >= 0.3 is 0 Å². The molecule has 146 valence electrons. The van der Waals surface area contributed by atoms with Crippen LogP contribution in [0.5, 0.6) is 5.75 Å². The molecule has 0 spiro atoms. The summed E-state index contributed by atoms with van der Waals surface area (Å²) in [4.78, 5) is 16.9. The Balaban J connectivity index is 1.91. The molecule has 3 aromatic rings. The summed E-state index contributed by atoms with van der Waals surface area (Å²) in [5.74, 6) is 0.0431. The van der Waals surface area contributed by atoms with Crippen molar-refractivity contribution in [2.24, 2.45) is 0 Å². The Kier molecular flexibility index (Phi) is 5.79. The van der Waals surface area contributed by atoms with Crippen LogP contribution in [-0.4, -0.2) is 38.7 Å². The highest BCUT2D eigenvalue weighted by molar-refractivity contribution is 7.92. The third kappa shape index (κ3) is 4.40. The number of anilines is 2. The molecule has 7 nitrogen and oxygen atoms in total. The second-order valence-electron chi connectivity index (χ2n) is 6.10. The molecule has 0 atom stereocenters. The number of para-hydroxylation sites is 3. The predicted octanol–water partition coefficient (Wildman–Crippen LogP) is 3.04. The maximum atomic E-state index is 12.6. The second-order valence-corrected chi connectivity index (χ2v) is 8.01. The van der Waals surface area contributed by atoms with Crippen molar-refractivity contribution in [3.63, 3.8) is 0 Å². The minimum Gasteiger partial charge on any atom is -0.492 e. The number of nitrogens with one attached hydrogen (secondary N) is 1. The van der Waals surface area contributed by atoms with Gasteiger partial charge in [-0.1, -0.05) is 30.3 Å². The van der Waals surface area contributed by atoms with Gasteiger partial charge in [0, 0.05) is 11.6 Å². The van der Waals surface area contributed by atoms with Gasteiger partial charge in [0.15, 0.2) is 0 Å². The number of sulfonamides is 1. The summed E-state index contributed by atoms with van der Waals surface area (Å²) in [7, 11) is -3.72. The third-order valence-electron chi connectivity index (χ3n) is 4.03. The van der Waals surface area contributed by atoms with Gasteiger partial charge in [-0.25, -0.2) is 8.42 Å². The SMILES string of the molecule is CCOc1ccccc1NC(=O)CN(c1cccc2cccnc12)S(C)(=O)=O. The van der Waals surface area contributed by atoms with E-state index >= 15 is 0 Å². The topological polar surface area (TPSA) is 88.6 Å². The number of carbonyl (C=O) groups is 1. The van der Waals surface area contributed by atoms with Crippen molar-refractivity contribution in [3.05, 3.63) is 60.8 Å². The Labute approximate surface area is 164 Å². The maximum Gasteiger partial charge on any atom is 0.245 e. The van der Waals surface area contributed by atoms with Crippen LogP contribution in [0.3, 0.4) is 0 Å². The number of carbonyl (C=O) groups excluding carboxylic acids is 1. The van der Waals surface area contributed by atoms with Crippen molar-refractivity contribution in [1.29, 1.82) is 0 Å². The molecule has 3 rings (SSSR count). The van der Waals surface area contributed by atoms with Crippen LogP contribution in [0.25, 0.3) is 10.9 Å². The van der Waals surface area contributed by atoms with Gasteiger partial charge in [-0.15, -0.1) is 0 Å². The minimum absolute atomic E-state index is 0.355. The lowest BCUT2D eigenvalue weighted by Gasteiger charge is -2.23. The molecule has 0 saturated carbocycles. The first-order valence-electron chi connectivity index (χ1n) is 8.73. The standard InChI is InChI=1S/C20H21N3O4S/c1-3-27-18-12-5-4-10-16(18)22-19(24)14-23(28(2,25)26)17-11-6-8-15-9-7-13-21-20(15)17/h4-13H,3,14H2,1-2H3,(H,22,24). The molecule has 0 aliphatic carbocycles. The zero-order valence-corrected chi connectivity index (χ0v) is 16.4. The van der Waals surface area contributed by atoms with Gasteiger partial charge in [-0.2, -0.15) is 0 Å². The summed E-state index contributed by atoms with van der Waals surface area (Å²) in [5, 5.41) is 3.51. The molecular weight excluding hydrogens is 378 g/mol. The number of fused-ring (bicyclic) bond motifs is 1. The number of benzene rings is 2. The fraction of sp³-hybridized carbons (Fsp3) is 0.200. The summed E-state index contributed by atoms with van der Waals surface area (Å²) >= 11 is 0. The predicted molar refractivity (Wildman–Crippen MR) is 110 cm³/mol. The maximum absolute atomic E-state index is 12.6. The Morgan fingerprint density at radius 3 is 2.61 bits per heavy atom. The lowest BCUT2D eigenvalue weighted by Crippen LogP contribution is -2.37. The lowest BCUT2D eigenvalue weighted by atomic mass is 10.2. The van der Waals surface area contributed by atoms with Crippen LogP contribution in [-0.2, 0) is 14.8 Å². The molecule has 8 heteroatoms. The van der Waals surface area contributed by atoms with Crippen LogP contribution in [0.15, 0.2) is 60.8 Å². The summed E-state index contributed by atoms with van der Waals surface area (Å²) < 4.78 is 31.4. The number of hydrogen-bond acceptors (Lipinski definition) is 5. The van der Waals surface area contributed by atoms with E-state index in [-0.39, 0.29) is 6.54 Å². The van der Waals surface area contributed by atoms with E-state index < -0.39 is 15.9 Å². The highest BCUT2D eigenvalue weighted by Gasteiger charge is 2.23. The normalized spacial score (nSPS) is 11.2. The monoisotopic (exact) mass is 399 g/mol. The van der Waals surface area contributed by atoms with Crippen molar-refractivity contribution in [3.8, 4) is 5.75 Å². The highest BCUT2D eigenvalue weighted by atomic mass is 32.2. The van der Waals surface area contributed by atoms with Gasteiger partial charge in [-0.05, 0) is 31.2 Å². The Bertz CT molecular complexity index is 1090. The van der Waals surface area contributed by atoms with E-state index in [1.165, 1.54) is 0 Å². The number of ether oxygens (including phenoxy) is 1. The first-order valence-corrected chi connectivity index (χ1v) is 10.6. The smallest absolute Gasteiger partial charge is 0.245 e. The molecule has 1 heterocycles. The Hall–Kier alpha value is -3.13. The highest BCUT2D eigenvalue weighted by Crippen LogP contribution is 2.27. The molecule has 0 aliphatic heterocycles. The van der Waals surface area contributed by atoms with Gasteiger partial charge in [-0.3, -0.25) is 14.1 Å². The van der Waals surface area contributed by atoms with Gasteiger partial charge in [0.25, 0.3) is 0 Å². The van der Waals surface area contributed by atoms with Gasteiger partial charge in [0.05, 0.1) is 29.8 Å². The van der Waals surface area contributed by atoms with Crippen LogP contribution < -0.4 is 14.4 Å². The van der Waals surface area contributed by atoms with E-state index in [2.05, 4.69) is 10.3 Å². The van der Waals surface area contributed by atoms with Crippen LogP contribution in [0.4, 0.5) is 11.4 Å². The quantitative estimate of drug-likeness (QED) is 0.660. The number of aromatic nitrogens is 1. The summed E-state index contributed by atoms with van der Waals surface area (Å²) in [6.07, 6.45) is 2.65. The van der Waals surface area contributed by atoms with E-state index in [4.69, 9.17) is 4.74 Å². The van der Waals surface area contributed by atoms with E-state index in [0.717, 1.165) is 15.9 Å². The van der Waals surface area contributed by atoms with E-state index in [9.17, 15) is 13.2 Å². The first-order chi connectivity index (χ1) is 13.4. The molecule has 1 N–H and O–H groups in total. The molecule has 28 heavy (non-hydrogen) atoms. The molecule has 0 saturated heterocycles. The summed E-state index contributed by atoms with van der Waals surface area (Å²) in [6.45, 7) is 1.91. The van der Waals surface area contributed by atoms with Gasteiger partial charge < -0.3 is 10.1 Å². The molecule has 2 aromatic carbocycles. The van der Waals surface area contributed by atoms with Crippen molar-refractivity contribution in [2.45, 2.75) is 6.92 Å². The number of pyridine rings is 1. The zero-order valence-electron chi connectivity index (χ0n) is 15.6. The molecular formula is C20H21N3O4S. The molecule has 0 bridgehead atoms. The van der Waals surface area contributed by atoms with Gasteiger partial charge in [0.2, 0.25) is 15.9 Å². The van der Waals surface area contributed by atoms with Gasteiger partial charge in [0.1, 0.15) is 12.3 Å². The fourth-order valence-corrected chi connectivity index (χ4v) is 3.70. The van der Waals surface area contributed by atoms with E-state index in [0.29, 0.717) is 29.2 Å². The minimum atomic E-state index is -3.72. The number of nitrogens with zero attached hydrogens (tertiary/aromatic N) is 2. The molecule has 0 radical (unpaired) electrons. The van der Waals surface area contributed by atoms with Crippen molar-refractivity contribution >= 4 is 38.2 Å². The number of amides is 1. The average molecular weight is 399 g/mol. The van der Waals surface area contributed by atoms with Crippen LogP contribution in [0.1, 0.15) is 6.92 Å². The van der Waals surface area contributed by atoms with Crippen LogP contribution in [0, 0.1) is 0 Å². The number of rotatable bonds is 7. The summed E-state index contributed by atoms with van der Waals surface area (Å²) in [6, 6.07) is 15.8. The first kappa shape index (κ1) is 19.6.